The Kier molecular flexibility index (Phi) is 3.04. The van der Waals surface area contributed by atoms with Crippen LogP contribution in [0.4, 0.5) is 0 Å². The number of aromatic nitrogens is 1. The second-order valence-electron chi connectivity index (χ2n) is 3.79. The van der Waals surface area contributed by atoms with E-state index >= 15 is 0 Å². The van der Waals surface area contributed by atoms with E-state index in [-0.39, 0.29) is 0 Å². The van der Waals surface area contributed by atoms with Crippen molar-refractivity contribution < 1.29 is 0 Å². The molecule has 1 atom stereocenters. The number of rotatable bonds is 2. The van der Waals surface area contributed by atoms with Gasteiger partial charge in [-0.3, -0.25) is 4.98 Å². The molecule has 0 radical (unpaired) electrons. The molecule has 14 heavy (non-hydrogen) atoms. The molecule has 0 bridgehead atoms. The molecule has 1 unspecified atom stereocenters. The van der Waals surface area contributed by atoms with Crippen molar-refractivity contribution in [2.75, 3.05) is 0 Å². The van der Waals surface area contributed by atoms with Crippen LogP contribution in [0.1, 0.15) is 42.6 Å². The molecule has 3 heteroatoms. The topological polar surface area (TPSA) is 24.9 Å². The summed E-state index contributed by atoms with van der Waals surface area (Å²) in [4.78, 5) is 7.33. The minimum Gasteiger partial charge on any atom is -0.261 e. The van der Waals surface area contributed by atoms with E-state index in [2.05, 4.69) is 22.8 Å². The van der Waals surface area contributed by atoms with Gasteiger partial charge in [0, 0.05) is 17.9 Å². The van der Waals surface area contributed by atoms with E-state index in [9.17, 15) is 0 Å². The first-order chi connectivity index (χ1) is 6.85. The summed E-state index contributed by atoms with van der Waals surface area (Å²) in [5.74, 6) is 0. The molecule has 2 nitrogen and oxygen atoms in total. The van der Waals surface area contributed by atoms with Crippen molar-refractivity contribution in [3.8, 4) is 0 Å². The molecule has 1 aliphatic rings. The van der Waals surface area contributed by atoms with Gasteiger partial charge in [-0.15, -0.1) is 0 Å². The first-order valence-corrected chi connectivity index (χ1v) is 5.56. The van der Waals surface area contributed by atoms with E-state index in [0.29, 0.717) is 6.04 Å². The van der Waals surface area contributed by atoms with Gasteiger partial charge in [0.15, 0.2) is 0 Å². The summed E-state index contributed by atoms with van der Waals surface area (Å²) in [5, 5.41) is 0. The van der Waals surface area contributed by atoms with Gasteiger partial charge < -0.3 is 0 Å². The molecule has 76 valence electrons. The van der Waals surface area contributed by atoms with E-state index in [0.717, 1.165) is 19.3 Å². The number of halogens is 1. The van der Waals surface area contributed by atoms with Crippen molar-refractivity contribution in [3.63, 3.8) is 0 Å². The summed E-state index contributed by atoms with van der Waals surface area (Å²) < 4.78 is 0. The second kappa shape index (κ2) is 4.28. The Hall–Kier alpha value is -0.600. The minimum atomic E-state index is 0.291. The summed E-state index contributed by atoms with van der Waals surface area (Å²) >= 11 is 5.73. The van der Waals surface area contributed by atoms with Crippen LogP contribution in [-0.4, -0.2) is 4.98 Å². The molecule has 1 aromatic heterocycles. The Labute approximate surface area is 89.8 Å². The summed E-state index contributed by atoms with van der Waals surface area (Å²) in [6, 6.07) is 2.53. The average Bonchev–Trinajstić information content (AvgIpc) is 2.27. The number of nitrogens with zero attached hydrogens (tertiary/aromatic N) is 1. The van der Waals surface area contributed by atoms with E-state index in [1.807, 2.05) is 6.20 Å². The molecule has 0 amide bonds. The van der Waals surface area contributed by atoms with Gasteiger partial charge in [-0.05, 0) is 48.6 Å². The molecule has 0 saturated heterocycles. The monoisotopic (exact) mass is 210 g/mol. The van der Waals surface area contributed by atoms with Crippen molar-refractivity contribution in [2.24, 2.45) is 0 Å². The van der Waals surface area contributed by atoms with Gasteiger partial charge in [-0.25, -0.2) is 4.84 Å². The molecule has 1 aliphatic carbocycles. The van der Waals surface area contributed by atoms with E-state index in [1.54, 1.807) is 0 Å². The van der Waals surface area contributed by atoms with E-state index < -0.39 is 0 Å². The fourth-order valence-corrected chi connectivity index (χ4v) is 2.23. The summed E-state index contributed by atoms with van der Waals surface area (Å²) in [7, 11) is 0. The zero-order valence-electron chi connectivity index (χ0n) is 8.39. The molecule has 2 rings (SSSR count). The Bertz CT molecular complexity index is 325. The van der Waals surface area contributed by atoms with Crippen LogP contribution in [0.3, 0.4) is 0 Å². The number of hydrogen-bond acceptors (Lipinski definition) is 2. The first-order valence-electron chi connectivity index (χ1n) is 5.19. The lowest BCUT2D eigenvalue weighted by Crippen LogP contribution is -2.19. The average molecular weight is 211 g/mol. The lowest BCUT2D eigenvalue weighted by molar-refractivity contribution is 0.529. The highest BCUT2D eigenvalue weighted by atomic mass is 35.5. The van der Waals surface area contributed by atoms with Gasteiger partial charge in [0.1, 0.15) is 0 Å². The maximum Gasteiger partial charge on any atom is 0.0488 e. The maximum atomic E-state index is 5.73. The molecular formula is C11H15ClN2. The Morgan fingerprint density at radius 3 is 3.21 bits per heavy atom. The maximum absolute atomic E-state index is 5.73. The van der Waals surface area contributed by atoms with Gasteiger partial charge >= 0.3 is 0 Å². The third kappa shape index (κ3) is 1.77. The molecule has 1 aromatic rings. The third-order valence-electron chi connectivity index (χ3n) is 2.88. The highest BCUT2D eigenvalue weighted by molar-refractivity contribution is 6.13. The van der Waals surface area contributed by atoms with Crippen molar-refractivity contribution in [3.05, 3.63) is 29.1 Å². The van der Waals surface area contributed by atoms with Crippen molar-refractivity contribution in [1.29, 1.82) is 0 Å². The predicted octanol–water partition coefficient (Wildman–Crippen LogP) is 2.76. The normalized spacial score (nSPS) is 20.6. The molecule has 0 aromatic carbocycles. The van der Waals surface area contributed by atoms with Crippen LogP contribution >= 0.6 is 11.8 Å². The molecule has 0 fully saturated rings. The van der Waals surface area contributed by atoms with Gasteiger partial charge in [0.2, 0.25) is 0 Å². The fraction of sp³-hybridized carbons (Fsp3) is 0.545. The van der Waals surface area contributed by atoms with Gasteiger partial charge in [0.05, 0.1) is 0 Å². The van der Waals surface area contributed by atoms with Crippen LogP contribution in [-0.2, 0) is 12.8 Å². The number of fused-ring (bicyclic) bond motifs is 1. The molecule has 0 saturated carbocycles. The Morgan fingerprint density at radius 1 is 1.64 bits per heavy atom. The van der Waals surface area contributed by atoms with Gasteiger partial charge in [0.25, 0.3) is 0 Å². The zero-order valence-corrected chi connectivity index (χ0v) is 9.14. The molecule has 0 spiro atoms. The quantitative estimate of drug-likeness (QED) is 0.760. The third-order valence-corrected chi connectivity index (χ3v) is 3.15. The van der Waals surface area contributed by atoms with E-state index in [4.69, 9.17) is 11.8 Å². The highest BCUT2D eigenvalue weighted by Crippen LogP contribution is 2.29. The lowest BCUT2D eigenvalue weighted by atomic mass is 9.91. The molecule has 1 N–H and O–H groups in total. The number of aryl methyl sites for hydroxylation is 2. The van der Waals surface area contributed by atoms with Crippen molar-refractivity contribution in [1.82, 2.24) is 9.82 Å². The number of hydrogen-bond donors (Lipinski definition) is 1. The van der Waals surface area contributed by atoms with Crippen LogP contribution < -0.4 is 4.84 Å². The van der Waals surface area contributed by atoms with Gasteiger partial charge in [-0.2, -0.15) is 0 Å². The summed E-state index contributed by atoms with van der Waals surface area (Å²) in [5.41, 5.74) is 3.81. The van der Waals surface area contributed by atoms with E-state index in [1.165, 1.54) is 23.2 Å². The van der Waals surface area contributed by atoms with Crippen LogP contribution in [0.5, 0.6) is 0 Å². The predicted molar refractivity (Wildman–Crippen MR) is 58.3 cm³/mol. The van der Waals surface area contributed by atoms with Gasteiger partial charge in [-0.1, -0.05) is 13.0 Å². The standard InChI is InChI=1S/C11H15ClN2/c1-2-8-6-9-10(13-7-8)4-3-5-11(9)14-12/h6-7,11,14H,2-5H2,1H3. The van der Waals surface area contributed by atoms with Crippen LogP contribution in [0.15, 0.2) is 12.3 Å². The van der Waals surface area contributed by atoms with Crippen LogP contribution in [0, 0.1) is 0 Å². The summed E-state index contributed by atoms with van der Waals surface area (Å²) in [6.45, 7) is 2.15. The summed E-state index contributed by atoms with van der Waals surface area (Å²) in [6.07, 6.45) is 6.40. The van der Waals surface area contributed by atoms with Crippen LogP contribution in [0.2, 0.25) is 0 Å². The molecular weight excluding hydrogens is 196 g/mol. The SMILES string of the molecule is CCc1cnc2c(c1)C(NCl)CCC2. The number of nitrogens with one attached hydrogen (secondary N) is 1. The molecule has 0 aliphatic heterocycles. The Morgan fingerprint density at radius 2 is 2.50 bits per heavy atom. The fourth-order valence-electron chi connectivity index (χ4n) is 2.00. The first kappa shape index (κ1) is 9.94. The lowest BCUT2D eigenvalue weighted by Gasteiger charge is -2.23. The Balaban J connectivity index is 2.38. The highest BCUT2D eigenvalue weighted by Gasteiger charge is 2.20. The van der Waals surface area contributed by atoms with Crippen molar-refractivity contribution >= 4 is 11.8 Å². The smallest absolute Gasteiger partial charge is 0.0488 e. The van der Waals surface area contributed by atoms with Crippen molar-refractivity contribution in [2.45, 2.75) is 38.6 Å². The minimum absolute atomic E-state index is 0.291. The number of pyridine rings is 1. The second-order valence-corrected chi connectivity index (χ2v) is 4.01. The molecule has 1 heterocycles. The van der Waals surface area contributed by atoms with Crippen LogP contribution in [0.25, 0.3) is 0 Å². The largest absolute Gasteiger partial charge is 0.261 e. The zero-order chi connectivity index (χ0) is 9.97.